The van der Waals surface area contributed by atoms with Gasteiger partial charge in [-0.2, -0.15) is 4.98 Å². The van der Waals surface area contributed by atoms with Crippen LogP contribution in [0.25, 0.3) is 16.7 Å². The minimum absolute atomic E-state index is 0.0471. The number of aromatic nitrogens is 4. The minimum Gasteiger partial charge on any atom is -0.351 e. The number of fused-ring (bicyclic) bond motifs is 1. The van der Waals surface area contributed by atoms with Gasteiger partial charge in [0.15, 0.2) is 5.65 Å². The maximum atomic E-state index is 13.4. The Morgan fingerprint density at radius 2 is 1.45 bits per heavy atom. The van der Waals surface area contributed by atoms with E-state index < -0.39 is 16.8 Å². The van der Waals surface area contributed by atoms with Crippen molar-refractivity contribution in [2.24, 2.45) is 14.1 Å². The van der Waals surface area contributed by atoms with Crippen molar-refractivity contribution in [1.29, 1.82) is 0 Å². The first-order valence-corrected chi connectivity index (χ1v) is 9.05. The van der Waals surface area contributed by atoms with Gasteiger partial charge in [-0.25, -0.2) is 9.36 Å². The van der Waals surface area contributed by atoms with Crippen LogP contribution in [0.2, 0.25) is 0 Å². The van der Waals surface area contributed by atoms with Crippen molar-refractivity contribution in [3.05, 3.63) is 97.4 Å². The summed E-state index contributed by atoms with van der Waals surface area (Å²) < 4.78 is 3.48. The summed E-state index contributed by atoms with van der Waals surface area (Å²) in [6.07, 6.45) is 0. The lowest BCUT2D eigenvalue weighted by Gasteiger charge is -2.16. The molecular weight excluding hydrogens is 370 g/mol. The molecule has 0 aliphatic carbocycles. The topological polar surface area (TPSA) is 90.9 Å². The molecule has 2 aromatic carbocycles. The van der Waals surface area contributed by atoms with Gasteiger partial charge in [0.1, 0.15) is 5.39 Å². The smallest absolute Gasteiger partial charge is 0.332 e. The van der Waals surface area contributed by atoms with Crippen LogP contribution in [0.1, 0.15) is 5.56 Å². The van der Waals surface area contributed by atoms with Crippen molar-refractivity contribution < 1.29 is 0 Å². The van der Waals surface area contributed by atoms with Crippen molar-refractivity contribution in [2.45, 2.75) is 6.54 Å². The average molecular weight is 389 g/mol. The van der Waals surface area contributed by atoms with Crippen molar-refractivity contribution in [3.63, 3.8) is 0 Å². The Morgan fingerprint density at radius 1 is 0.828 bits per heavy atom. The Balaban J connectivity index is 2.01. The number of para-hydroxylation sites is 1. The first-order valence-electron chi connectivity index (χ1n) is 9.05. The molecule has 0 aliphatic heterocycles. The lowest BCUT2D eigenvalue weighted by atomic mass is 10.2. The number of aryl methyl sites for hydroxylation is 1. The van der Waals surface area contributed by atoms with E-state index in [0.29, 0.717) is 12.2 Å². The van der Waals surface area contributed by atoms with Gasteiger partial charge < -0.3 is 5.32 Å². The predicted molar refractivity (Wildman–Crippen MR) is 112 cm³/mol. The van der Waals surface area contributed by atoms with Crippen molar-refractivity contribution in [2.75, 3.05) is 5.32 Å². The molecule has 0 amide bonds. The second kappa shape index (κ2) is 7.23. The van der Waals surface area contributed by atoms with E-state index in [2.05, 4.69) is 10.3 Å². The summed E-state index contributed by atoms with van der Waals surface area (Å²) in [6.45, 7) is 0.421. The van der Waals surface area contributed by atoms with Crippen molar-refractivity contribution in [3.8, 4) is 5.69 Å². The van der Waals surface area contributed by atoms with E-state index >= 15 is 0 Å². The quantitative estimate of drug-likeness (QED) is 0.570. The predicted octanol–water partition coefficient (Wildman–Crippen LogP) is 1.40. The molecule has 0 atom stereocenters. The van der Waals surface area contributed by atoms with Gasteiger partial charge in [-0.1, -0.05) is 48.5 Å². The van der Waals surface area contributed by atoms with Crippen LogP contribution in [-0.4, -0.2) is 18.7 Å². The van der Waals surface area contributed by atoms with Gasteiger partial charge in [-0.3, -0.25) is 18.7 Å². The van der Waals surface area contributed by atoms with Crippen molar-refractivity contribution >= 4 is 17.0 Å². The molecule has 2 heterocycles. The number of hydrogen-bond acceptors (Lipinski definition) is 5. The zero-order valence-corrected chi connectivity index (χ0v) is 16.0. The van der Waals surface area contributed by atoms with E-state index in [1.807, 2.05) is 36.4 Å². The molecule has 0 unspecified atom stereocenters. The second-order valence-corrected chi connectivity index (χ2v) is 6.66. The number of nitrogens with zero attached hydrogens (tertiary/aromatic N) is 4. The molecule has 29 heavy (non-hydrogen) atoms. The maximum absolute atomic E-state index is 13.4. The van der Waals surface area contributed by atoms with Crippen molar-refractivity contribution in [1.82, 2.24) is 18.7 Å². The molecular formula is C21H19N5O3. The molecule has 0 spiro atoms. The summed E-state index contributed by atoms with van der Waals surface area (Å²) >= 11 is 0. The van der Waals surface area contributed by atoms with E-state index in [1.54, 1.807) is 24.3 Å². The molecule has 146 valence electrons. The van der Waals surface area contributed by atoms with Gasteiger partial charge in [0, 0.05) is 20.6 Å². The summed E-state index contributed by atoms with van der Waals surface area (Å²) in [5.74, 6) is 0.251. The largest absolute Gasteiger partial charge is 0.351 e. The molecule has 1 N–H and O–H groups in total. The lowest BCUT2D eigenvalue weighted by molar-refractivity contribution is 0.702. The fourth-order valence-electron chi connectivity index (χ4n) is 3.22. The van der Waals surface area contributed by atoms with Gasteiger partial charge >= 0.3 is 5.69 Å². The zero-order valence-electron chi connectivity index (χ0n) is 16.0. The molecule has 8 heteroatoms. The SMILES string of the molecule is Cn1c(=O)c2c(=O)n(-c3ccccc3)c(NCc3ccccc3)nc2n(C)c1=O. The maximum Gasteiger partial charge on any atom is 0.332 e. The van der Waals surface area contributed by atoms with E-state index in [0.717, 1.165) is 10.1 Å². The molecule has 8 nitrogen and oxygen atoms in total. The van der Waals surface area contributed by atoms with Gasteiger partial charge in [-0.15, -0.1) is 0 Å². The lowest BCUT2D eigenvalue weighted by Crippen LogP contribution is -2.41. The number of nitrogens with one attached hydrogen (secondary N) is 1. The van der Waals surface area contributed by atoms with E-state index in [1.165, 1.54) is 23.2 Å². The Hall–Kier alpha value is -3.94. The van der Waals surface area contributed by atoms with Crippen LogP contribution in [0.15, 0.2) is 75.0 Å². The van der Waals surface area contributed by atoms with Crippen LogP contribution in [0, 0.1) is 0 Å². The molecule has 4 rings (SSSR count). The Labute approximate surface area is 165 Å². The van der Waals surface area contributed by atoms with Gasteiger partial charge in [0.25, 0.3) is 11.1 Å². The summed E-state index contributed by atoms with van der Waals surface area (Å²) in [7, 11) is 2.84. The standard InChI is InChI=1S/C21H19N5O3/c1-24-17-16(18(27)25(2)21(24)29)19(28)26(15-11-7-4-8-12-15)20(23-17)22-13-14-9-5-3-6-10-14/h3-12H,13H2,1-2H3,(H,22,23). The van der Waals surface area contributed by atoms with Gasteiger partial charge in [-0.05, 0) is 17.7 Å². The molecule has 0 saturated heterocycles. The number of hydrogen-bond donors (Lipinski definition) is 1. The fourth-order valence-corrected chi connectivity index (χ4v) is 3.22. The summed E-state index contributed by atoms with van der Waals surface area (Å²) in [5.41, 5.74) is -0.128. The third-order valence-electron chi connectivity index (χ3n) is 4.78. The van der Waals surface area contributed by atoms with Crippen LogP contribution in [-0.2, 0) is 20.6 Å². The Kier molecular flexibility index (Phi) is 4.59. The molecule has 0 fully saturated rings. The van der Waals surface area contributed by atoms with E-state index in [-0.39, 0.29) is 17.0 Å². The fraction of sp³-hybridized carbons (Fsp3) is 0.143. The highest BCUT2D eigenvalue weighted by molar-refractivity contribution is 5.75. The van der Waals surface area contributed by atoms with Gasteiger partial charge in [0.05, 0.1) is 5.69 Å². The third-order valence-corrected chi connectivity index (χ3v) is 4.78. The highest BCUT2D eigenvalue weighted by atomic mass is 16.2. The van der Waals surface area contributed by atoms with Crippen LogP contribution in [0.5, 0.6) is 0 Å². The number of rotatable bonds is 4. The molecule has 0 saturated carbocycles. The monoisotopic (exact) mass is 389 g/mol. The molecule has 4 aromatic rings. The Morgan fingerprint density at radius 3 is 2.10 bits per heavy atom. The van der Waals surface area contributed by atoms with Crippen LogP contribution in [0.3, 0.4) is 0 Å². The highest BCUT2D eigenvalue weighted by Gasteiger charge is 2.19. The summed E-state index contributed by atoms with van der Waals surface area (Å²) in [5, 5.41) is 3.03. The molecule has 2 aromatic heterocycles. The molecule has 0 bridgehead atoms. The van der Waals surface area contributed by atoms with E-state index in [4.69, 9.17) is 0 Å². The molecule has 0 aliphatic rings. The third kappa shape index (κ3) is 3.14. The zero-order chi connectivity index (χ0) is 20.5. The summed E-state index contributed by atoms with van der Waals surface area (Å²) in [6, 6.07) is 18.6. The minimum atomic E-state index is -0.667. The van der Waals surface area contributed by atoms with Crippen LogP contribution >= 0.6 is 0 Å². The first kappa shape index (κ1) is 18.4. The summed E-state index contributed by atoms with van der Waals surface area (Å²) in [4.78, 5) is 42.8. The number of anilines is 1. The van der Waals surface area contributed by atoms with Crippen LogP contribution < -0.4 is 22.1 Å². The van der Waals surface area contributed by atoms with Crippen LogP contribution in [0.4, 0.5) is 5.95 Å². The first-order chi connectivity index (χ1) is 14.0. The van der Waals surface area contributed by atoms with Gasteiger partial charge in [0.2, 0.25) is 5.95 Å². The average Bonchev–Trinajstić information content (AvgIpc) is 2.75. The Bertz CT molecular complexity index is 1370. The van der Waals surface area contributed by atoms with E-state index in [9.17, 15) is 14.4 Å². The number of benzene rings is 2. The highest BCUT2D eigenvalue weighted by Crippen LogP contribution is 2.15. The molecule has 0 radical (unpaired) electrons. The normalized spacial score (nSPS) is 11.0. The second-order valence-electron chi connectivity index (χ2n) is 6.66.